The molecule has 1 saturated heterocycles. The van der Waals surface area contributed by atoms with Crippen molar-refractivity contribution in [3.63, 3.8) is 0 Å². The summed E-state index contributed by atoms with van der Waals surface area (Å²) in [4.78, 5) is 7.08. The second-order valence-electron chi connectivity index (χ2n) is 5.13. The molecule has 1 aliphatic heterocycles. The molecule has 0 N–H and O–H groups in total. The highest BCUT2D eigenvalue weighted by Crippen LogP contribution is 2.34. The lowest BCUT2D eigenvalue weighted by Crippen LogP contribution is -2.24. The Morgan fingerprint density at radius 2 is 1.95 bits per heavy atom. The van der Waals surface area contributed by atoms with Crippen LogP contribution in [0.4, 0.5) is 0 Å². The molecule has 1 aromatic carbocycles. The number of hydrogen-bond acceptors (Lipinski definition) is 4. The molecule has 0 aliphatic carbocycles. The Labute approximate surface area is 124 Å². The standard InChI is InChI=1S/C16H20N2OS/c1-13-17-15(14-7-3-2-4-8-14)16(20-13)19-12-11-18-9-5-6-10-18/h2-4,7-8H,5-6,9-12H2,1H3. The van der Waals surface area contributed by atoms with Crippen LogP contribution in [0.15, 0.2) is 30.3 Å². The summed E-state index contributed by atoms with van der Waals surface area (Å²) in [7, 11) is 0. The molecule has 0 spiro atoms. The van der Waals surface area contributed by atoms with Crippen LogP contribution >= 0.6 is 11.3 Å². The minimum Gasteiger partial charge on any atom is -0.481 e. The number of thiazole rings is 1. The van der Waals surface area contributed by atoms with Gasteiger partial charge in [0.15, 0.2) is 0 Å². The van der Waals surface area contributed by atoms with Crippen molar-refractivity contribution in [2.24, 2.45) is 0 Å². The van der Waals surface area contributed by atoms with Crippen molar-refractivity contribution in [1.82, 2.24) is 9.88 Å². The second kappa shape index (κ2) is 6.37. The van der Waals surface area contributed by atoms with E-state index in [-0.39, 0.29) is 0 Å². The zero-order valence-electron chi connectivity index (χ0n) is 11.8. The van der Waals surface area contributed by atoms with Crippen molar-refractivity contribution >= 4 is 11.3 Å². The van der Waals surface area contributed by atoms with E-state index in [9.17, 15) is 0 Å². The van der Waals surface area contributed by atoms with Crippen molar-refractivity contribution in [3.05, 3.63) is 35.3 Å². The summed E-state index contributed by atoms with van der Waals surface area (Å²) in [5.41, 5.74) is 2.11. The SMILES string of the molecule is Cc1nc(-c2ccccc2)c(OCCN2CCCC2)s1. The van der Waals surface area contributed by atoms with E-state index in [1.54, 1.807) is 11.3 Å². The van der Waals surface area contributed by atoms with Gasteiger partial charge >= 0.3 is 0 Å². The predicted octanol–water partition coefficient (Wildman–Crippen LogP) is 3.59. The first-order valence-corrected chi connectivity index (χ1v) is 8.02. The minimum absolute atomic E-state index is 0.751. The van der Waals surface area contributed by atoms with Gasteiger partial charge in [-0.1, -0.05) is 41.7 Å². The van der Waals surface area contributed by atoms with Crippen LogP contribution in [0.2, 0.25) is 0 Å². The molecular formula is C16H20N2OS. The first-order valence-electron chi connectivity index (χ1n) is 7.21. The number of ether oxygens (including phenoxy) is 1. The van der Waals surface area contributed by atoms with E-state index in [1.807, 2.05) is 25.1 Å². The van der Waals surface area contributed by atoms with E-state index in [1.165, 1.54) is 25.9 Å². The summed E-state index contributed by atoms with van der Waals surface area (Å²) in [5, 5.41) is 2.01. The van der Waals surface area contributed by atoms with Crippen LogP contribution in [0.5, 0.6) is 5.06 Å². The zero-order chi connectivity index (χ0) is 13.8. The van der Waals surface area contributed by atoms with E-state index in [0.717, 1.165) is 34.5 Å². The predicted molar refractivity (Wildman–Crippen MR) is 83.5 cm³/mol. The van der Waals surface area contributed by atoms with Crippen molar-refractivity contribution in [2.45, 2.75) is 19.8 Å². The molecular weight excluding hydrogens is 268 g/mol. The highest BCUT2D eigenvalue weighted by Gasteiger charge is 2.14. The highest BCUT2D eigenvalue weighted by molar-refractivity contribution is 7.13. The van der Waals surface area contributed by atoms with Gasteiger partial charge in [0.2, 0.25) is 5.06 Å². The highest BCUT2D eigenvalue weighted by atomic mass is 32.1. The maximum absolute atomic E-state index is 5.99. The zero-order valence-corrected chi connectivity index (χ0v) is 12.7. The third kappa shape index (κ3) is 3.19. The molecule has 0 amide bonds. The van der Waals surface area contributed by atoms with Crippen LogP contribution in [0.1, 0.15) is 17.8 Å². The second-order valence-corrected chi connectivity index (χ2v) is 6.30. The summed E-state index contributed by atoms with van der Waals surface area (Å²) in [6.07, 6.45) is 2.66. The monoisotopic (exact) mass is 288 g/mol. The molecule has 0 bridgehead atoms. The molecule has 1 aromatic heterocycles. The van der Waals surface area contributed by atoms with Crippen molar-refractivity contribution in [3.8, 4) is 16.3 Å². The molecule has 0 unspecified atom stereocenters. The third-order valence-electron chi connectivity index (χ3n) is 3.59. The van der Waals surface area contributed by atoms with Crippen LogP contribution < -0.4 is 4.74 Å². The Kier molecular flexibility index (Phi) is 4.33. The largest absolute Gasteiger partial charge is 0.481 e. The maximum atomic E-state index is 5.99. The molecule has 2 heterocycles. The molecule has 1 aliphatic rings. The average Bonchev–Trinajstić information content (AvgIpc) is 3.10. The lowest BCUT2D eigenvalue weighted by atomic mass is 10.2. The number of aryl methyl sites for hydroxylation is 1. The Bertz CT molecular complexity index is 547. The Hall–Kier alpha value is -1.39. The third-order valence-corrected chi connectivity index (χ3v) is 4.47. The normalized spacial score (nSPS) is 15.7. The van der Waals surface area contributed by atoms with E-state index < -0.39 is 0 Å². The number of aromatic nitrogens is 1. The number of hydrogen-bond donors (Lipinski definition) is 0. The number of nitrogens with zero attached hydrogens (tertiary/aromatic N) is 2. The Morgan fingerprint density at radius 1 is 1.20 bits per heavy atom. The van der Waals surface area contributed by atoms with Crippen LogP contribution in [0.3, 0.4) is 0 Å². The van der Waals surface area contributed by atoms with Gasteiger partial charge in [0.05, 0.1) is 5.01 Å². The van der Waals surface area contributed by atoms with Crippen LogP contribution in [0.25, 0.3) is 11.3 Å². The smallest absolute Gasteiger partial charge is 0.202 e. The fourth-order valence-electron chi connectivity index (χ4n) is 2.56. The van der Waals surface area contributed by atoms with Crippen LogP contribution in [0, 0.1) is 6.92 Å². The van der Waals surface area contributed by atoms with E-state index in [0.29, 0.717) is 0 Å². The van der Waals surface area contributed by atoms with Gasteiger partial charge in [0, 0.05) is 12.1 Å². The quantitative estimate of drug-likeness (QED) is 0.840. The van der Waals surface area contributed by atoms with Gasteiger partial charge in [0.1, 0.15) is 12.3 Å². The maximum Gasteiger partial charge on any atom is 0.202 e. The fourth-order valence-corrected chi connectivity index (χ4v) is 3.37. The first-order chi connectivity index (χ1) is 9.83. The van der Waals surface area contributed by atoms with E-state index in [2.05, 4.69) is 22.0 Å². The van der Waals surface area contributed by atoms with Crippen LogP contribution in [-0.4, -0.2) is 36.1 Å². The van der Waals surface area contributed by atoms with Crippen molar-refractivity contribution < 1.29 is 4.74 Å². The molecule has 0 radical (unpaired) electrons. The minimum atomic E-state index is 0.751. The molecule has 3 nitrogen and oxygen atoms in total. The molecule has 106 valence electrons. The summed E-state index contributed by atoms with van der Waals surface area (Å²) in [6, 6.07) is 10.3. The Balaban J connectivity index is 1.66. The van der Waals surface area contributed by atoms with E-state index >= 15 is 0 Å². The van der Waals surface area contributed by atoms with Crippen molar-refractivity contribution in [1.29, 1.82) is 0 Å². The number of rotatable bonds is 5. The summed E-state index contributed by atoms with van der Waals surface area (Å²) < 4.78 is 5.99. The summed E-state index contributed by atoms with van der Waals surface area (Å²) >= 11 is 1.64. The Morgan fingerprint density at radius 3 is 2.70 bits per heavy atom. The van der Waals surface area contributed by atoms with Gasteiger partial charge < -0.3 is 4.74 Å². The van der Waals surface area contributed by atoms with Gasteiger partial charge in [-0.3, -0.25) is 4.90 Å². The van der Waals surface area contributed by atoms with Gasteiger partial charge in [-0.05, 0) is 32.9 Å². The number of likely N-dealkylation sites (tertiary alicyclic amines) is 1. The molecule has 1 fully saturated rings. The lowest BCUT2D eigenvalue weighted by Gasteiger charge is -2.14. The molecule has 2 aromatic rings. The average molecular weight is 288 g/mol. The molecule has 20 heavy (non-hydrogen) atoms. The lowest BCUT2D eigenvalue weighted by molar-refractivity contribution is 0.242. The van der Waals surface area contributed by atoms with E-state index in [4.69, 9.17) is 4.74 Å². The first kappa shape index (κ1) is 13.6. The van der Waals surface area contributed by atoms with Crippen molar-refractivity contribution in [2.75, 3.05) is 26.2 Å². The van der Waals surface area contributed by atoms with Gasteiger partial charge in [-0.25, -0.2) is 4.98 Å². The summed E-state index contributed by atoms with van der Waals surface area (Å²) in [5.74, 6) is 0. The molecule has 4 heteroatoms. The summed E-state index contributed by atoms with van der Waals surface area (Å²) in [6.45, 7) is 6.24. The molecule has 0 atom stereocenters. The topological polar surface area (TPSA) is 25.4 Å². The van der Waals surface area contributed by atoms with Gasteiger partial charge in [-0.15, -0.1) is 0 Å². The van der Waals surface area contributed by atoms with Crippen LogP contribution in [-0.2, 0) is 0 Å². The fraction of sp³-hybridized carbons (Fsp3) is 0.438. The van der Waals surface area contributed by atoms with Gasteiger partial charge in [0.25, 0.3) is 0 Å². The molecule has 0 saturated carbocycles. The number of benzene rings is 1. The van der Waals surface area contributed by atoms with Gasteiger partial charge in [-0.2, -0.15) is 0 Å². The molecule has 3 rings (SSSR count).